The van der Waals surface area contributed by atoms with Gasteiger partial charge in [-0.05, 0) is 42.5 Å². The number of hydrogen-bond acceptors (Lipinski definition) is 2. The summed E-state index contributed by atoms with van der Waals surface area (Å²) in [5, 5.41) is 3.66. The van der Waals surface area contributed by atoms with Crippen molar-refractivity contribution in [2.24, 2.45) is 0 Å². The molecule has 0 N–H and O–H groups in total. The summed E-state index contributed by atoms with van der Waals surface area (Å²) in [4.78, 5) is 2.15. The number of halogens is 2. The maximum Gasteiger partial charge on any atom is 0.0832 e. The van der Waals surface area contributed by atoms with Gasteiger partial charge in [-0.3, -0.25) is 0 Å². The lowest BCUT2D eigenvalue weighted by Crippen LogP contribution is -2.10. The lowest BCUT2D eigenvalue weighted by Gasteiger charge is -2.26. The molecule has 0 fully saturated rings. The van der Waals surface area contributed by atoms with Crippen LogP contribution in [-0.2, 0) is 0 Å². The van der Waals surface area contributed by atoms with Crippen molar-refractivity contribution in [3.05, 3.63) is 101 Å². The maximum atomic E-state index is 6.60. The van der Waals surface area contributed by atoms with Crippen molar-refractivity contribution in [3.63, 3.8) is 0 Å². The third-order valence-electron chi connectivity index (χ3n) is 4.81. The first-order valence-electron chi connectivity index (χ1n) is 8.93. The van der Waals surface area contributed by atoms with Crippen molar-refractivity contribution < 1.29 is 0 Å². The van der Waals surface area contributed by atoms with E-state index in [0.717, 1.165) is 17.1 Å². The second-order valence-electron chi connectivity index (χ2n) is 6.52. The molecule has 1 nitrogen and oxygen atoms in total. The van der Waals surface area contributed by atoms with Crippen LogP contribution in [0, 0.1) is 0 Å². The molecule has 4 heteroatoms. The quantitative estimate of drug-likeness (QED) is 0.282. The van der Waals surface area contributed by atoms with Crippen molar-refractivity contribution in [2.75, 3.05) is 4.90 Å². The third-order valence-corrected chi connectivity index (χ3v) is 6.75. The van der Waals surface area contributed by atoms with E-state index in [0.29, 0.717) is 10.0 Å². The molecular formula is C24H15Cl2NS. The standard InChI is InChI=1S/C24H15Cl2NS/c25-20-10-6-11-21(24(20)26)27(16-7-2-1-3-8-16)17-13-14-19-18-9-4-5-12-22(18)28-23(19)15-17/h1-15H. The minimum Gasteiger partial charge on any atom is -0.309 e. The second-order valence-corrected chi connectivity index (χ2v) is 8.39. The van der Waals surface area contributed by atoms with Gasteiger partial charge >= 0.3 is 0 Å². The first kappa shape index (κ1) is 17.6. The molecular weight excluding hydrogens is 405 g/mol. The number of fused-ring (bicyclic) bond motifs is 3. The Morgan fingerprint density at radius 3 is 2.21 bits per heavy atom. The lowest BCUT2D eigenvalue weighted by atomic mass is 10.1. The summed E-state index contributed by atoms with van der Waals surface area (Å²) in [6, 6.07) is 31.0. The predicted octanol–water partition coefficient (Wildman–Crippen LogP) is 8.83. The first-order valence-corrected chi connectivity index (χ1v) is 10.5. The topological polar surface area (TPSA) is 3.24 Å². The monoisotopic (exact) mass is 419 g/mol. The fourth-order valence-electron chi connectivity index (χ4n) is 3.52. The minimum absolute atomic E-state index is 0.544. The van der Waals surface area contributed by atoms with E-state index in [1.54, 1.807) is 11.3 Å². The van der Waals surface area contributed by atoms with Gasteiger partial charge in [-0.25, -0.2) is 0 Å². The Kier molecular flexibility index (Phi) is 4.48. The molecule has 1 heterocycles. The maximum absolute atomic E-state index is 6.60. The fraction of sp³-hybridized carbons (Fsp3) is 0. The molecule has 0 radical (unpaired) electrons. The number of rotatable bonds is 3. The van der Waals surface area contributed by atoms with E-state index in [-0.39, 0.29) is 0 Å². The van der Waals surface area contributed by atoms with Crippen LogP contribution in [-0.4, -0.2) is 0 Å². The summed E-state index contributed by atoms with van der Waals surface area (Å²) >= 11 is 14.7. The molecule has 4 aromatic carbocycles. The molecule has 0 amide bonds. The molecule has 0 aliphatic heterocycles. The average molecular weight is 420 g/mol. The summed E-state index contributed by atoms with van der Waals surface area (Å²) < 4.78 is 2.54. The normalized spacial score (nSPS) is 11.2. The van der Waals surface area contributed by atoms with E-state index in [9.17, 15) is 0 Å². The summed E-state index contributed by atoms with van der Waals surface area (Å²) in [5.74, 6) is 0. The smallest absolute Gasteiger partial charge is 0.0832 e. The van der Waals surface area contributed by atoms with Gasteiger partial charge in [0, 0.05) is 31.5 Å². The second kappa shape index (κ2) is 7.14. The molecule has 0 aliphatic carbocycles. The highest BCUT2D eigenvalue weighted by molar-refractivity contribution is 7.25. The zero-order chi connectivity index (χ0) is 19.1. The van der Waals surface area contributed by atoms with Gasteiger partial charge in [-0.2, -0.15) is 0 Å². The van der Waals surface area contributed by atoms with Crippen LogP contribution in [0.5, 0.6) is 0 Å². The highest BCUT2D eigenvalue weighted by atomic mass is 35.5. The Hall–Kier alpha value is -2.52. The van der Waals surface area contributed by atoms with Gasteiger partial charge in [0.05, 0.1) is 15.7 Å². The highest BCUT2D eigenvalue weighted by Crippen LogP contribution is 2.43. The van der Waals surface area contributed by atoms with Crippen LogP contribution in [0.3, 0.4) is 0 Å². The van der Waals surface area contributed by atoms with Crippen LogP contribution in [0.25, 0.3) is 20.2 Å². The van der Waals surface area contributed by atoms with Crippen LogP contribution in [0.4, 0.5) is 17.1 Å². The molecule has 0 unspecified atom stereocenters. The number of benzene rings is 4. The summed E-state index contributed by atoms with van der Waals surface area (Å²) in [5.41, 5.74) is 2.95. The van der Waals surface area contributed by atoms with E-state index >= 15 is 0 Å². The molecule has 136 valence electrons. The summed E-state index contributed by atoms with van der Waals surface area (Å²) in [6.45, 7) is 0. The van der Waals surface area contributed by atoms with Crippen LogP contribution in [0.1, 0.15) is 0 Å². The number of anilines is 3. The average Bonchev–Trinajstić information content (AvgIpc) is 3.10. The van der Waals surface area contributed by atoms with Crippen LogP contribution >= 0.6 is 34.5 Å². The number of thiophene rings is 1. The summed E-state index contributed by atoms with van der Waals surface area (Å²) in [6.07, 6.45) is 0. The lowest BCUT2D eigenvalue weighted by molar-refractivity contribution is 1.29. The number of hydrogen-bond donors (Lipinski definition) is 0. The van der Waals surface area contributed by atoms with Gasteiger partial charge in [0.2, 0.25) is 0 Å². The number of para-hydroxylation sites is 1. The predicted molar refractivity (Wildman–Crippen MR) is 124 cm³/mol. The Bertz CT molecular complexity index is 1290. The van der Waals surface area contributed by atoms with Crippen molar-refractivity contribution in [2.45, 2.75) is 0 Å². The van der Waals surface area contributed by atoms with Gasteiger partial charge in [0.25, 0.3) is 0 Å². The Morgan fingerprint density at radius 2 is 1.36 bits per heavy atom. The van der Waals surface area contributed by atoms with Crippen LogP contribution in [0.2, 0.25) is 10.0 Å². The highest BCUT2D eigenvalue weighted by Gasteiger charge is 2.17. The van der Waals surface area contributed by atoms with Crippen molar-refractivity contribution in [3.8, 4) is 0 Å². The van der Waals surface area contributed by atoms with Crippen LogP contribution < -0.4 is 4.90 Å². The zero-order valence-electron chi connectivity index (χ0n) is 14.8. The van der Waals surface area contributed by atoms with Gasteiger partial charge in [0.1, 0.15) is 0 Å². The minimum atomic E-state index is 0.544. The van der Waals surface area contributed by atoms with Gasteiger partial charge in [0.15, 0.2) is 0 Å². The van der Waals surface area contributed by atoms with E-state index in [2.05, 4.69) is 59.5 Å². The Morgan fingerprint density at radius 1 is 0.607 bits per heavy atom. The van der Waals surface area contributed by atoms with Crippen LogP contribution in [0.15, 0.2) is 91.0 Å². The van der Waals surface area contributed by atoms with E-state index < -0.39 is 0 Å². The molecule has 0 saturated carbocycles. The molecule has 5 rings (SSSR count). The van der Waals surface area contributed by atoms with E-state index in [1.165, 1.54) is 20.2 Å². The fourth-order valence-corrected chi connectivity index (χ4v) is 5.04. The van der Waals surface area contributed by atoms with Crippen molar-refractivity contribution >= 4 is 71.8 Å². The largest absolute Gasteiger partial charge is 0.309 e. The van der Waals surface area contributed by atoms with Crippen molar-refractivity contribution in [1.82, 2.24) is 0 Å². The molecule has 5 aromatic rings. The van der Waals surface area contributed by atoms with Crippen molar-refractivity contribution in [1.29, 1.82) is 0 Å². The van der Waals surface area contributed by atoms with Gasteiger partial charge in [-0.15, -0.1) is 11.3 Å². The number of nitrogens with zero attached hydrogens (tertiary/aromatic N) is 1. The molecule has 0 spiro atoms. The molecule has 0 aliphatic rings. The van der Waals surface area contributed by atoms with E-state index in [1.807, 2.05) is 36.4 Å². The van der Waals surface area contributed by atoms with Gasteiger partial charge < -0.3 is 4.90 Å². The molecule has 1 aromatic heterocycles. The Balaban J connectivity index is 1.75. The first-order chi connectivity index (χ1) is 13.7. The summed E-state index contributed by atoms with van der Waals surface area (Å²) in [7, 11) is 0. The SMILES string of the molecule is Clc1cccc(N(c2ccccc2)c2ccc3c(c2)sc2ccccc23)c1Cl. The molecule has 0 bridgehead atoms. The van der Waals surface area contributed by atoms with E-state index in [4.69, 9.17) is 23.2 Å². The van der Waals surface area contributed by atoms with Gasteiger partial charge in [-0.1, -0.05) is 71.7 Å². The Labute approximate surface area is 177 Å². The molecule has 0 saturated heterocycles. The third kappa shape index (κ3) is 2.94. The molecule has 0 atom stereocenters. The zero-order valence-corrected chi connectivity index (χ0v) is 17.1. The molecule has 28 heavy (non-hydrogen) atoms.